The van der Waals surface area contributed by atoms with E-state index in [0.29, 0.717) is 11.4 Å². The van der Waals surface area contributed by atoms with Gasteiger partial charge in [-0.25, -0.2) is 0 Å². The molecule has 0 unspecified atom stereocenters. The third-order valence-corrected chi connectivity index (χ3v) is 4.25. The predicted octanol–water partition coefficient (Wildman–Crippen LogP) is 2.56. The zero-order valence-electron chi connectivity index (χ0n) is 12.8. The fraction of sp³-hybridized carbons (Fsp3) is 0.125. The van der Waals surface area contributed by atoms with E-state index in [1.165, 1.54) is 23.1 Å². The third-order valence-electron chi connectivity index (χ3n) is 3.53. The molecular formula is C16H12IN3O5. The summed E-state index contributed by atoms with van der Waals surface area (Å²) < 4.78 is 6.30. The molecule has 128 valence electrons. The first-order valence-electron chi connectivity index (χ1n) is 7.21. The van der Waals surface area contributed by atoms with E-state index in [1.54, 1.807) is 12.1 Å². The van der Waals surface area contributed by atoms with E-state index in [9.17, 15) is 19.7 Å². The molecule has 0 fully saturated rings. The number of rotatable bonds is 4. The summed E-state index contributed by atoms with van der Waals surface area (Å²) in [6.07, 6.45) is 0. The Hall–Kier alpha value is -2.69. The Morgan fingerprint density at radius 3 is 2.68 bits per heavy atom. The highest BCUT2D eigenvalue weighted by molar-refractivity contribution is 14.1. The second kappa shape index (κ2) is 7.05. The Morgan fingerprint density at radius 1 is 1.28 bits per heavy atom. The number of benzene rings is 2. The number of non-ortho nitro benzene ring substituents is 1. The molecule has 2 amide bonds. The molecule has 0 saturated heterocycles. The molecule has 1 N–H and O–H groups in total. The Morgan fingerprint density at radius 2 is 2.00 bits per heavy atom. The number of nitro benzene ring substituents is 1. The molecular weight excluding hydrogens is 441 g/mol. The first kappa shape index (κ1) is 17.1. The number of ether oxygens (including phenoxy) is 1. The molecule has 0 radical (unpaired) electrons. The molecule has 0 atom stereocenters. The summed E-state index contributed by atoms with van der Waals surface area (Å²) in [5.74, 6) is -0.521. The van der Waals surface area contributed by atoms with Crippen LogP contribution in [0.3, 0.4) is 0 Å². The maximum atomic E-state index is 12.3. The van der Waals surface area contributed by atoms with Crippen LogP contribution < -0.4 is 15.0 Å². The minimum absolute atomic E-state index is 0.180. The fourth-order valence-corrected chi connectivity index (χ4v) is 2.71. The highest BCUT2D eigenvalue weighted by Gasteiger charge is 2.29. The van der Waals surface area contributed by atoms with Crippen LogP contribution in [-0.2, 0) is 9.59 Å². The van der Waals surface area contributed by atoms with Crippen LogP contribution in [0.15, 0.2) is 42.5 Å². The Balaban J connectivity index is 1.81. The van der Waals surface area contributed by atoms with Crippen molar-refractivity contribution >= 4 is 51.5 Å². The van der Waals surface area contributed by atoms with Gasteiger partial charge < -0.3 is 10.1 Å². The standard InChI is InChI=1S/C16H12IN3O5/c17-10-1-3-11(4-2-10)18-15(21)8-19-13-7-12(20(23)24)5-6-14(13)25-9-16(19)22/h1-7H,8-9H2,(H,18,21). The number of nitro groups is 1. The van der Waals surface area contributed by atoms with Crippen molar-refractivity contribution in [2.75, 3.05) is 23.4 Å². The molecule has 2 aromatic carbocycles. The van der Waals surface area contributed by atoms with E-state index in [4.69, 9.17) is 4.74 Å². The molecule has 0 bridgehead atoms. The van der Waals surface area contributed by atoms with Gasteiger partial charge in [0.1, 0.15) is 12.3 Å². The van der Waals surface area contributed by atoms with Gasteiger partial charge in [0.2, 0.25) is 5.91 Å². The highest BCUT2D eigenvalue weighted by atomic mass is 127. The number of anilines is 2. The van der Waals surface area contributed by atoms with Gasteiger partial charge in [0.05, 0.1) is 10.6 Å². The number of carbonyl (C=O) groups excluding carboxylic acids is 2. The molecule has 1 heterocycles. The molecule has 2 aromatic rings. The summed E-state index contributed by atoms with van der Waals surface area (Å²) in [7, 11) is 0. The van der Waals surface area contributed by atoms with E-state index < -0.39 is 16.7 Å². The summed E-state index contributed by atoms with van der Waals surface area (Å²) in [4.78, 5) is 35.9. The number of hydrogen-bond acceptors (Lipinski definition) is 5. The number of carbonyl (C=O) groups is 2. The lowest BCUT2D eigenvalue weighted by Gasteiger charge is -2.28. The van der Waals surface area contributed by atoms with E-state index in [0.717, 1.165) is 3.57 Å². The van der Waals surface area contributed by atoms with Crippen molar-refractivity contribution < 1.29 is 19.2 Å². The van der Waals surface area contributed by atoms with Crippen molar-refractivity contribution in [2.24, 2.45) is 0 Å². The van der Waals surface area contributed by atoms with Crippen molar-refractivity contribution in [3.8, 4) is 5.75 Å². The number of nitrogens with zero attached hydrogens (tertiary/aromatic N) is 2. The zero-order chi connectivity index (χ0) is 18.0. The van der Waals surface area contributed by atoms with E-state index >= 15 is 0 Å². The summed E-state index contributed by atoms with van der Waals surface area (Å²) in [5, 5.41) is 13.6. The van der Waals surface area contributed by atoms with Crippen molar-refractivity contribution in [1.82, 2.24) is 0 Å². The molecule has 1 aliphatic rings. The van der Waals surface area contributed by atoms with Crippen LogP contribution in [0.1, 0.15) is 0 Å². The Labute approximate surface area is 156 Å². The molecule has 3 rings (SSSR count). The van der Waals surface area contributed by atoms with Crippen molar-refractivity contribution in [1.29, 1.82) is 0 Å². The average Bonchev–Trinajstić information content (AvgIpc) is 2.59. The minimum atomic E-state index is -0.566. The van der Waals surface area contributed by atoms with Crippen LogP contribution in [0.25, 0.3) is 0 Å². The molecule has 8 nitrogen and oxygen atoms in total. The Kier molecular flexibility index (Phi) is 4.83. The molecule has 1 aliphatic heterocycles. The maximum Gasteiger partial charge on any atom is 0.271 e. The molecule has 25 heavy (non-hydrogen) atoms. The van der Waals surface area contributed by atoms with Crippen molar-refractivity contribution in [3.05, 3.63) is 56.1 Å². The number of hydrogen-bond donors (Lipinski definition) is 1. The van der Waals surface area contributed by atoms with Gasteiger partial charge in [-0.05, 0) is 52.9 Å². The average molecular weight is 453 g/mol. The van der Waals surface area contributed by atoms with Crippen LogP contribution >= 0.6 is 22.6 Å². The molecule has 0 spiro atoms. The van der Waals surface area contributed by atoms with Gasteiger partial charge in [0, 0.05) is 21.4 Å². The van der Waals surface area contributed by atoms with E-state index in [2.05, 4.69) is 27.9 Å². The van der Waals surface area contributed by atoms with E-state index in [-0.39, 0.29) is 24.5 Å². The Bertz CT molecular complexity index is 853. The molecule has 0 aromatic heterocycles. The van der Waals surface area contributed by atoms with Crippen LogP contribution in [0.5, 0.6) is 5.75 Å². The quantitative estimate of drug-likeness (QED) is 0.436. The van der Waals surface area contributed by atoms with E-state index in [1.807, 2.05) is 12.1 Å². The van der Waals surface area contributed by atoms with Gasteiger partial charge in [0.25, 0.3) is 11.6 Å². The van der Waals surface area contributed by atoms with Gasteiger partial charge >= 0.3 is 0 Å². The van der Waals surface area contributed by atoms with Gasteiger partial charge in [-0.2, -0.15) is 0 Å². The number of fused-ring (bicyclic) bond motifs is 1. The topological polar surface area (TPSA) is 102 Å². The van der Waals surface area contributed by atoms with Gasteiger partial charge in [-0.3, -0.25) is 24.6 Å². The number of halogens is 1. The van der Waals surface area contributed by atoms with Gasteiger partial charge in [0.15, 0.2) is 6.61 Å². The smallest absolute Gasteiger partial charge is 0.271 e. The lowest BCUT2D eigenvalue weighted by Crippen LogP contribution is -2.43. The van der Waals surface area contributed by atoms with Crippen LogP contribution in [-0.4, -0.2) is 29.9 Å². The van der Waals surface area contributed by atoms with Gasteiger partial charge in [-0.1, -0.05) is 0 Å². The molecule has 9 heteroatoms. The summed E-state index contributed by atoms with van der Waals surface area (Å²) >= 11 is 2.15. The lowest BCUT2D eigenvalue weighted by molar-refractivity contribution is -0.384. The highest BCUT2D eigenvalue weighted by Crippen LogP contribution is 2.35. The molecule has 0 aliphatic carbocycles. The molecule has 0 saturated carbocycles. The summed E-state index contributed by atoms with van der Waals surface area (Å²) in [6, 6.07) is 11.1. The predicted molar refractivity (Wildman–Crippen MR) is 98.7 cm³/mol. The summed E-state index contributed by atoms with van der Waals surface area (Å²) in [5.41, 5.74) is 0.633. The second-order valence-corrected chi connectivity index (χ2v) is 6.48. The van der Waals surface area contributed by atoms with Crippen LogP contribution in [0.4, 0.5) is 17.1 Å². The van der Waals surface area contributed by atoms with Crippen LogP contribution in [0.2, 0.25) is 0 Å². The monoisotopic (exact) mass is 453 g/mol. The van der Waals surface area contributed by atoms with Crippen LogP contribution in [0, 0.1) is 13.7 Å². The maximum absolute atomic E-state index is 12.3. The lowest BCUT2D eigenvalue weighted by atomic mass is 10.2. The second-order valence-electron chi connectivity index (χ2n) is 5.23. The minimum Gasteiger partial charge on any atom is -0.482 e. The number of nitrogens with one attached hydrogen (secondary N) is 1. The van der Waals surface area contributed by atoms with Crippen molar-refractivity contribution in [2.45, 2.75) is 0 Å². The van der Waals surface area contributed by atoms with Gasteiger partial charge in [-0.15, -0.1) is 0 Å². The summed E-state index contributed by atoms with van der Waals surface area (Å²) in [6.45, 7) is -0.482. The first-order chi connectivity index (χ1) is 11.9. The first-order valence-corrected chi connectivity index (χ1v) is 8.29. The zero-order valence-corrected chi connectivity index (χ0v) is 14.9. The third kappa shape index (κ3) is 3.87. The SMILES string of the molecule is O=C(CN1C(=O)COc2ccc([N+](=O)[O-])cc21)Nc1ccc(I)cc1. The van der Waals surface area contributed by atoms with Crippen molar-refractivity contribution in [3.63, 3.8) is 0 Å². The largest absolute Gasteiger partial charge is 0.482 e. The normalized spacial score (nSPS) is 13.0. The fourth-order valence-electron chi connectivity index (χ4n) is 2.35. The number of amides is 2.